The number of rotatable bonds is 3. The van der Waals surface area contributed by atoms with Crippen LogP contribution >= 0.6 is 0 Å². The fraction of sp³-hybridized carbons (Fsp3) is 0.692. The third kappa shape index (κ3) is 2.20. The van der Waals surface area contributed by atoms with E-state index in [0.29, 0.717) is 17.4 Å². The molecule has 6 nitrogen and oxygen atoms in total. The van der Waals surface area contributed by atoms with Gasteiger partial charge < -0.3 is 11.1 Å². The second-order valence-corrected chi connectivity index (χ2v) is 5.40. The number of anilines is 1. The standard InChI is InChI=1S/C13H21N5O/c1-2-18-8-9(14)12(16-18)13(19)15-10-5-7-17-6-3-4-11(10)17/h8,10-11H,2-7,14H2,1H3,(H,15,19). The summed E-state index contributed by atoms with van der Waals surface area (Å²) < 4.78 is 1.70. The summed E-state index contributed by atoms with van der Waals surface area (Å²) in [6.07, 6.45) is 5.17. The molecule has 2 unspecified atom stereocenters. The molecule has 0 aliphatic carbocycles. The molecule has 3 N–H and O–H groups in total. The number of carbonyl (C=O) groups excluding carboxylic acids is 1. The molecule has 3 heterocycles. The van der Waals surface area contributed by atoms with E-state index in [4.69, 9.17) is 5.73 Å². The summed E-state index contributed by atoms with van der Waals surface area (Å²) in [5.41, 5.74) is 6.66. The zero-order valence-corrected chi connectivity index (χ0v) is 11.3. The molecule has 2 fully saturated rings. The van der Waals surface area contributed by atoms with Crippen LogP contribution in [-0.2, 0) is 6.54 Å². The monoisotopic (exact) mass is 263 g/mol. The summed E-state index contributed by atoms with van der Waals surface area (Å²) in [4.78, 5) is 14.7. The van der Waals surface area contributed by atoms with E-state index in [-0.39, 0.29) is 11.9 Å². The van der Waals surface area contributed by atoms with E-state index < -0.39 is 0 Å². The Labute approximate surface area is 112 Å². The number of nitrogens with zero attached hydrogens (tertiary/aromatic N) is 3. The van der Waals surface area contributed by atoms with Crippen LogP contribution in [0.5, 0.6) is 0 Å². The van der Waals surface area contributed by atoms with Crippen LogP contribution < -0.4 is 11.1 Å². The molecule has 2 saturated heterocycles. The van der Waals surface area contributed by atoms with Crippen molar-refractivity contribution in [1.82, 2.24) is 20.0 Å². The minimum Gasteiger partial charge on any atom is -0.396 e. The maximum atomic E-state index is 12.3. The second kappa shape index (κ2) is 4.85. The van der Waals surface area contributed by atoms with Gasteiger partial charge in [0.05, 0.1) is 5.69 Å². The number of aryl methyl sites for hydroxylation is 1. The van der Waals surface area contributed by atoms with Crippen molar-refractivity contribution in [3.05, 3.63) is 11.9 Å². The van der Waals surface area contributed by atoms with Crippen LogP contribution in [-0.4, -0.2) is 45.8 Å². The van der Waals surface area contributed by atoms with Gasteiger partial charge in [-0.3, -0.25) is 14.4 Å². The Morgan fingerprint density at radius 2 is 2.37 bits per heavy atom. The molecule has 0 spiro atoms. The molecule has 0 saturated carbocycles. The van der Waals surface area contributed by atoms with Crippen LogP contribution in [0.25, 0.3) is 0 Å². The summed E-state index contributed by atoms with van der Waals surface area (Å²) >= 11 is 0. The van der Waals surface area contributed by atoms with Crippen LogP contribution in [0.4, 0.5) is 5.69 Å². The van der Waals surface area contributed by atoms with Crippen molar-refractivity contribution in [2.75, 3.05) is 18.8 Å². The molecule has 1 aromatic heterocycles. The van der Waals surface area contributed by atoms with Gasteiger partial charge in [0.15, 0.2) is 5.69 Å². The van der Waals surface area contributed by atoms with Gasteiger partial charge in [-0.1, -0.05) is 0 Å². The molecular formula is C13H21N5O. The zero-order valence-electron chi connectivity index (χ0n) is 11.3. The number of nitrogens with one attached hydrogen (secondary N) is 1. The van der Waals surface area contributed by atoms with Gasteiger partial charge in [-0.2, -0.15) is 5.10 Å². The van der Waals surface area contributed by atoms with Crippen LogP contribution in [0.1, 0.15) is 36.7 Å². The van der Waals surface area contributed by atoms with Crippen LogP contribution in [0.2, 0.25) is 0 Å². The highest BCUT2D eigenvalue weighted by Gasteiger charge is 2.38. The normalized spacial score (nSPS) is 26.6. The molecule has 6 heteroatoms. The summed E-state index contributed by atoms with van der Waals surface area (Å²) in [6, 6.07) is 0.764. The Bertz CT molecular complexity index is 483. The van der Waals surface area contributed by atoms with Crippen molar-refractivity contribution in [3.63, 3.8) is 0 Å². The highest BCUT2D eigenvalue weighted by molar-refractivity contribution is 5.97. The number of aromatic nitrogens is 2. The minimum atomic E-state index is -0.136. The lowest BCUT2D eigenvalue weighted by Crippen LogP contribution is -2.42. The van der Waals surface area contributed by atoms with Gasteiger partial charge in [0.2, 0.25) is 0 Å². The Morgan fingerprint density at radius 3 is 3.11 bits per heavy atom. The molecule has 2 atom stereocenters. The molecule has 19 heavy (non-hydrogen) atoms. The number of carbonyl (C=O) groups is 1. The number of nitrogens with two attached hydrogens (primary N) is 1. The van der Waals surface area contributed by atoms with Gasteiger partial charge in [-0.05, 0) is 32.7 Å². The molecular weight excluding hydrogens is 242 g/mol. The number of amides is 1. The van der Waals surface area contributed by atoms with Crippen molar-refractivity contribution in [2.45, 2.75) is 44.8 Å². The molecule has 0 aromatic carbocycles. The fourth-order valence-corrected chi connectivity index (χ4v) is 3.26. The molecule has 1 amide bonds. The van der Waals surface area contributed by atoms with Gasteiger partial charge in [-0.15, -0.1) is 0 Å². The average Bonchev–Trinajstić information content (AvgIpc) is 3.06. The largest absolute Gasteiger partial charge is 0.396 e. The van der Waals surface area contributed by atoms with Crippen molar-refractivity contribution < 1.29 is 4.79 Å². The maximum Gasteiger partial charge on any atom is 0.274 e. The maximum absolute atomic E-state index is 12.3. The second-order valence-electron chi connectivity index (χ2n) is 5.40. The lowest BCUT2D eigenvalue weighted by atomic mass is 10.1. The van der Waals surface area contributed by atoms with Crippen molar-refractivity contribution in [1.29, 1.82) is 0 Å². The third-order valence-electron chi connectivity index (χ3n) is 4.25. The van der Waals surface area contributed by atoms with Crippen molar-refractivity contribution in [3.8, 4) is 0 Å². The highest BCUT2D eigenvalue weighted by atomic mass is 16.2. The SMILES string of the molecule is CCn1cc(N)c(C(=O)NC2CCN3CCCC23)n1. The van der Waals surface area contributed by atoms with E-state index in [1.807, 2.05) is 6.92 Å². The van der Waals surface area contributed by atoms with Crippen LogP contribution in [0.15, 0.2) is 6.20 Å². The summed E-state index contributed by atoms with van der Waals surface area (Å²) in [5, 5.41) is 7.33. The topological polar surface area (TPSA) is 76.2 Å². The minimum absolute atomic E-state index is 0.136. The summed E-state index contributed by atoms with van der Waals surface area (Å²) in [7, 11) is 0. The van der Waals surface area contributed by atoms with E-state index >= 15 is 0 Å². The lowest BCUT2D eigenvalue weighted by Gasteiger charge is -2.20. The Balaban J connectivity index is 1.69. The quantitative estimate of drug-likeness (QED) is 0.830. The smallest absolute Gasteiger partial charge is 0.274 e. The highest BCUT2D eigenvalue weighted by Crippen LogP contribution is 2.28. The van der Waals surface area contributed by atoms with E-state index in [1.165, 1.54) is 19.4 Å². The Kier molecular flexibility index (Phi) is 3.18. The number of hydrogen-bond acceptors (Lipinski definition) is 4. The first kappa shape index (κ1) is 12.5. The molecule has 0 bridgehead atoms. The van der Waals surface area contributed by atoms with Crippen molar-refractivity contribution >= 4 is 11.6 Å². The molecule has 1 aromatic rings. The zero-order chi connectivity index (χ0) is 13.4. The first-order chi connectivity index (χ1) is 9.19. The van der Waals surface area contributed by atoms with Crippen LogP contribution in [0, 0.1) is 0 Å². The van der Waals surface area contributed by atoms with Gasteiger partial charge in [0, 0.05) is 31.4 Å². The first-order valence-electron chi connectivity index (χ1n) is 7.07. The molecule has 2 aliphatic heterocycles. The molecule has 3 rings (SSSR count). The Morgan fingerprint density at radius 1 is 1.53 bits per heavy atom. The average molecular weight is 263 g/mol. The van der Waals surface area contributed by atoms with Gasteiger partial charge in [-0.25, -0.2) is 0 Å². The third-order valence-corrected chi connectivity index (χ3v) is 4.25. The molecule has 2 aliphatic rings. The lowest BCUT2D eigenvalue weighted by molar-refractivity contribution is 0.0924. The Hall–Kier alpha value is -1.56. The molecule has 104 valence electrons. The number of fused-ring (bicyclic) bond motifs is 1. The summed E-state index contributed by atoms with van der Waals surface area (Å²) in [6.45, 7) is 4.96. The predicted octanol–water partition coefficient (Wildman–Crippen LogP) is 0.452. The number of nitrogen functional groups attached to an aromatic ring is 1. The predicted molar refractivity (Wildman–Crippen MR) is 72.8 cm³/mol. The van der Waals surface area contributed by atoms with E-state index in [1.54, 1.807) is 10.9 Å². The van der Waals surface area contributed by atoms with E-state index in [2.05, 4.69) is 15.3 Å². The fourth-order valence-electron chi connectivity index (χ4n) is 3.26. The first-order valence-corrected chi connectivity index (χ1v) is 7.07. The van der Waals surface area contributed by atoms with Gasteiger partial charge >= 0.3 is 0 Å². The van der Waals surface area contributed by atoms with E-state index in [9.17, 15) is 4.79 Å². The van der Waals surface area contributed by atoms with E-state index in [0.717, 1.165) is 19.5 Å². The van der Waals surface area contributed by atoms with Gasteiger partial charge in [0.1, 0.15) is 0 Å². The van der Waals surface area contributed by atoms with Crippen LogP contribution in [0.3, 0.4) is 0 Å². The number of hydrogen-bond donors (Lipinski definition) is 2. The van der Waals surface area contributed by atoms with Crippen molar-refractivity contribution in [2.24, 2.45) is 0 Å². The van der Waals surface area contributed by atoms with Gasteiger partial charge in [0.25, 0.3) is 5.91 Å². The molecule has 0 radical (unpaired) electrons. The summed E-state index contributed by atoms with van der Waals surface area (Å²) in [5.74, 6) is -0.136.